The van der Waals surface area contributed by atoms with Crippen LogP contribution in [0.25, 0.3) is 0 Å². The van der Waals surface area contributed by atoms with Gasteiger partial charge in [0.15, 0.2) is 0 Å². The number of rotatable bonds is 4. The van der Waals surface area contributed by atoms with Gasteiger partial charge in [0.05, 0.1) is 19.8 Å². The third kappa shape index (κ3) is 4.23. The first kappa shape index (κ1) is 15.8. The van der Waals surface area contributed by atoms with E-state index in [0.717, 1.165) is 28.1 Å². The van der Waals surface area contributed by atoms with Crippen molar-refractivity contribution in [2.24, 2.45) is 11.3 Å². The van der Waals surface area contributed by atoms with Crippen molar-refractivity contribution in [2.75, 3.05) is 7.11 Å². The summed E-state index contributed by atoms with van der Waals surface area (Å²) in [6.45, 7) is 7.67. The summed E-state index contributed by atoms with van der Waals surface area (Å²) in [6, 6.07) is 6.02. The molecule has 112 valence electrons. The molecule has 1 fully saturated rings. The Kier molecular flexibility index (Phi) is 5.14. The number of ether oxygens (including phenoxy) is 2. The van der Waals surface area contributed by atoms with E-state index in [1.54, 1.807) is 7.11 Å². The smallest absolute Gasteiger partial charge is 0.119 e. The van der Waals surface area contributed by atoms with E-state index in [4.69, 9.17) is 9.47 Å². The lowest BCUT2D eigenvalue weighted by Gasteiger charge is -2.38. The maximum absolute atomic E-state index is 6.17. The van der Waals surface area contributed by atoms with E-state index in [0.29, 0.717) is 18.1 Å². The summed E-state index contributed by atoms with van der Waals surface area (Å²) in [5.74, 6) is 1.63. The average molecular weight is 341 g/mol. The normalized spacial score (nSPS) is 25.4. The maximum atomic E-state index is 6.17. The van der Waals surface area contributed by atoms with Crippen molar-refractivity contribution >= 4 is 15.9 Å². The van der Waals surface area contributed by atoms with Crippen molar-refractivity contribution < 1.29 is 9.47 Å². The number of hydrogen-bond donors (Lipinski definition) is 0. The van der Waals surface area contributed by atoms with Crippen LogP contribution < -0.4 is 4.74 Å². The summed E-state index contributed by atoms with van der Waals surface area (Å²) >= 11 is 3.58. The van der Waals surface area contributed by atoms with Gasteiger partial charge in [-0.05, 0) is 54.4 Å². The molecular weight excluding hydrogens is 316 g/mol. The minimum absolute atomic E-state index is 0.367. The maximum Gasteiger partial charge on any atom is 0.119 e. The second-order valence-electron chi connectivity index (χ2n) is 6.80. The molecule has 0 N–H and O–H groups in total. The molecule has 3 heteroatoms. The fourth-order valence-corrected chi connectivity index (χ4v) is 3.74. The number of methoxy groups -OCH3 is 1. The molecule has 0 saturated heterocycles. The van der Waals surface area contributed by atoms with E-state index in [2.05, 4.69) is 36.7 Å². The summed E-state index contributed by atoms with van der Waals surface area (Å²) in [6.07, 6.45) is 3.99. The molecule has 0 bridgehead atoms. The van der Waals surface area contributed by atoms with Crippen LogP contribution in [0.2, 0.25) is 0 Å². The van der Waals surface area contributed by atoms with Crippen LogP contribution in [0.4, 0.5) is 0 Å². The third-order valence-corrected chi connectivity index (χ3v) is 4.85. The van der Waals surface area contributed by atoms with Crippen LogP contribution in [0, 0.1) is 11.3 Å². The quantitative estimate of drug-likeness (QED) is 0.750. The molecule has 2 rings (SSSR count). The Hall–Kier alpha value is -0.540. The molecule has 0 heterocycles. The first-order valence-corrected chi connectivity index (χ1v) is 8.13. The molecule has 0 radical (unpaired) electrons. The van der Waals surface area contributed by atoms with Gasteiger partial charge in [-0.1, -0.05) is 36.7 Å². The highest BCUT2D eigenvalue weighted by Gasteiger charge is 2.32. The van der Waals surface area contributed by atoms with Gasteiger partial charge in [0.1, 0.15) is 5.75 Å². The molecule has 2 unspecified atom stereocenters. The lowest BCUT2D eigenvalue weighted by molar-refractivity contribution is -0.0318. The Bertz CT molecular complexity index is 456. The molecule has 20 heavy (non-hydrogen) atoms. The van der Waals surface area contributed by atoms with Gasteiger partial charge in [0.25, 0.3) is 0 Å². The predicted octanol–water partition coefficient (Wildman–Crippen LogP) is 5.19. The molecule has 0 aliphatic heterocycles. The zero-order chi connectivity index (χ0) is 14.8. The van der Waals surface area contributed by atoms with Crippen LogP contribution >= 0.6 is 15.9 Å². The van der Waals surface area contributed by atoms with E-state index < -0.39 is 0 Å². The van der Waals surface area contributed by atoms with Crippen LogP contribution in [0.5, 0.6) is 5.75 Å². The molecule has 0 spiro atoms. The molecule has 0 amide bonds. The Morgan fingerprint density at radius 2 is 2.05 bits per heavy atom. The minimum atomic E-state index is 0.367. The summed E-state index contributed by atoms with van der Waals surface area (Å²) in [4.78, 5) is 0. The Morgan fingerprint density at radius 1 is 1.30 bits per heavy atom. The fourth-order valence-electron chi connectivity index (χ4n) is 3.38. The standard InChI is InChI=1S/C17H25BrO2/c1-12-7-15(10-17(2,3)9-12)20-11-13-8-14(19-4)5-6-16(13)18/h5-6,8,12,15H,7,9-11H2,1-4H3. The van der Waals surface area contributed by atoms with Crippen molar-refractivity contribution in [3.63, 3.8) is 0 Å². The third-order valence-electron chi connectivity index (χ3n) is 4.07. The van der Waals surface area contributed by atoms with Crippen molar-refractivity contribution in [1.29, 1.82) is 0 Å². The van der Waals surface area contributed by atoms with Gasteiger partial charge in [0.2, 0.25) is 0 Å². The van der Waals surface area contributed by atoms with Crippen LogP contribution in [-0.2, 0) is 11.3 Å². The largest absolute Gasteiger partial charge is 0.497 e. The van der Waals surface area contributed by atoms with Crippen molar-refractivity contribution in [3.05, 3.63) is 28.2 Å². The van der Waals surface area contributed by atoms with Crippen LogP contribution in [0.15, 0.2) is 22.7 Å². The van der Waals surface area contributed by atoms with Gasteiger partial charge < -0.3 is 9.47 Å². The lowest BCUT2D eigenvalue weighted by atomic mass is 9.71. The molecule has 1 aliphatic carbocycles. The SMILES string of the molecule is COc1ccc(Br)c(COC2CC(C)CC(C)(C)C2)c1. The molecule has 1 aromatic carbocycles. The van der Waals surface area contributed by atoms with Gasteiger partial charge >= 0.3 is 0 Å². The highest BCUT2D eigenvalue weighted by molar-refractivity contribution is 9.10. The molecule has 2 nitrogen and oxygen atoms in total. The minimum Gasteiger partial charge on any atom is -0.497 e. The van der Waals surface area contributed by atoms with Crippen LogP contribution in [-0.4, -0.2) is 13.2 Å². The van der Waals surface area contributed by atoms with Gasteiger partial charge in [-0.25, -0.2) is 0 Å². The van der Waals surface area contributed by atoms with Crippen molar-refractivity contribution in [1.82, 2.24) is 0 Å². The summed E-state index contributed by atoms with van der Waals surface area (Å²) in [5, 5.41) is 0. The highest BCUT2D eigenvalue weighted by atomic mass is 79.9. The Labute approximate surface area is 131 Å². The molecule has 0 aromatic heterocycles. The van der Waals surface area contributed by atoms with Crippen LogP contribution in [0.1, 0.15) is 45.6 Å². The van der Waals surface area contributed by atoms with Gasteiger partial charge in [0, 0.05) is 4.47 Å². The van der Waals surface area contributed by atoms with Gasteiger partial charge in [-0.3, -0.25) is 0 Å². The van der Waals surface area contributed by atoms with E-state index in [9.17, 15) is 0 Å². The summed E-state index contributed by atoms with van der Waals surface area (Å²) in [7, 11) is 1.69. The molecule has 1 saturated carbocycles. The number of halogens is 1. The van der Waals surface area contributed by atoms with E-state index in [1.165, 1.54) is 12.8 Å². The topological polar surface area (TPSA) is 18.5 Å². The highest BCUT2D eigenvalue weighted by Crippen LogP contribution is 2.40. The molecule has 2 atom stereocenters. The van der Waals surface area contributed by atoms with E-state index in [1.807, 2.05) is 18.2 Å². The lowest BCUT2D eigenvalue weighted by Crippen LogP contribution is -2.32. The second kappa shape index (κ2) is 6.48. The first-order valence-electron chi connectivity index (χ1n) is 7.33. The van der Waals surface area contributed by atoms with Gasteiger partial charge in [-0.15, -0.1) is 0 Å². The summed E-state index contributed by atoms with van der Waals surface area (Å²) in [5.41, 5.74) is 1.55. The zero-order valence-electron chi connectivity index (χ0n) is 12.9. The van der Waals surface area contributed by atoms with Crippen molar-refractivity contribution in [3.8, 4) is 5.75 Å². The second-order valence-corrected chi connectivity index (χ2v) is 7.66. The van der Waals surface area contributed by atoms with Gasteiger partial charge in [-0.2, -0.15) is 0 Å². The average Bonchev–Trinajstić information content (AvgIpc) is 2.35. The van der Waals surface area contributed by atoms with E-state index >= 15 is 0 Å². The number of hydrogen-bond acceptors (Lipinski definition) is 2. The van der Waals surface area contributed by atoms with E-state index in [-0.39, 0.29) is 0 Å². The first-order chi connectivity index (χ1) is 9.39. The Balaban J connectivity index is 1.98. The molecule has 1 aromatic rings. The zero-order valence-corrected chi connectivity index (χ0v) is 14.5. The number of benzene rings is 1. The fraction of sp³-hybridized carbons (Fsp3) is 0.647. The monoisotopic (exact) mass is 340 g/mol. The van der Waals surface area contributed by atoms with Crippen molar-refractivity contribution in [2.45, 2.75) is 52.7 Å². The summed E-state index contributed by atoms with van der Waals surface area (Å²) < 4.78 is 12.5. The molecule has 1 aliphatic rings. The predicted molar refractivity (Wildman–Crippen MR) is 86.1 cm³/mol. The van der Waals surface area contributed by atoms with Crippen LogP contribution in [0.3, 0.4) is 0 Å². The Morgan fingerprint density at radius 3 is 2.70 bits per heavy atom. The molecular formula is C17H25BrO2.